The largest absolute Gasteiger partial charge is 0.492 e. The maximum Gasteiger partial charge on any atom is 0.246 e. The third-order valence-corrected chi connectivity index (χ3v) is 6.22. The van der Waals surface area contributed by atoms with Gasteiger partial charge in [0.05, 0.1) is 6.61 Å². The monoisotopic (exact) mass is 318 g/mol. The smallest absolute Gasteiger partial charge is 0.246 e. The molecule has 2 N–H and O–H groups in total. The number of rotatable bonds is 4. The standard InChI is InChI=1S/C12H18N2O4S2/c1-2-18-11-4-3-10(13)9-12(11)20(16,17)14-5-7-19(15)8-6-14/h3-4,9H,2,5-8,13H2,1H3. The Morgan fingerprint density at radius 2 is 2.00 bits per heavy atom. The van der Waals surface area contributed by atoms with Gasteiger partial charge in [0, 0.05) is 41.1 Å². The van der Waals surface area contributed by atoms with Gasteiger partial charge in [-0.25, -0.2) is 8.42 Å². The minimum atomic E-state index is -3.67. The zero-order chi connectivity index (χ0) is 14.8. The number of nitrogens with two attached hydrogens (primary N) is 1. The molecule has 0 radical (unpaired) electrons. The fourth-order valence-corrected chi connectivity index (χ4v) is 4.89. The Hall–Kier alpha value is -1.12. The van der Waals surface area contributed by atoms with Crippen molar-refractivity contribution in [1.82, 2.24) is 4.31 Å². The first-order valence-electron chi connectivity index (χ1n) is 6.32. The average molecular weight is 318 g/mol. The van der Waals surface area contributed by atoms with Gasteiger partial charge in [0.2, 0.25) is 10.0 Å². The van der Waals surface area contributed by atoms with Crippen molar-refractivity contribution in [3.63, 3.8) is 0 Å². The quantitative estimate of drug-likeness (QED) is 0.813. The van der Waals surface area contributed by atoms with Crippen LogP contribution in [0.5, 0.6) is 5.75 Å². The van der Waals surface area contributed by atoms with Gasteiger partial charge in [-0.15, -0.1) is 0 Å². The maximum absolute atomic E-state index is 12.6. The van der Waals surface area contributed by atoms with E-state index in [2.05, 4.69) is 0 Å². The summed E-state index contributed by atoms with van der Waals surface area (Å²) in [5.74, 6) is 1.03. The second-order valence-electron chi connectivity index (χ2n) is 4.39. The van der Waals surface area contributed by atoms with Crippen LogP contribution >= 0.6 is 0 Å². The third kappa shape index (κ3) is 3.13. The first-order chi connectivity index (χ1) is 9.45. The Morgan fingerprint density at radius 3 is 2.60 bits per heavy atom. The highest BCUT2D eigenvalue weighted by Gasteiger charge is 2.30. The van der Waals surface area contributed by atoms with E-state index in [4.69, 9.17) is 10.5 Å². The highest BCUT2D eigenvalue weighted by Crippen LogP contribution is 2.29. The van der Waals surface area contributed by atoms with Crippen LogP contribution in [-0.2, 0) is 20.8 Å². The molecule has 1 fully saturated rings. The molecule has 0 bridgehead atoms. The van der Waals surface area contributed by atoms with Crippen LogP contribution in [0, 0.1) is 0 Å². The molecule has 1 aromatic rings. The normalized spacial score (nSPS) is 18.1. The number of hydrogen-bond acceptors (Lipinski definition) is 5. The van der Waals surface area contributed by atoms with Gasteiger partial charge in [0.1, 0.15) is 10.6 Å². The number of hydrogen-bond donors (Lipinski definition) is 1. The number of anilines is 1. The molecule has 0 unspecified atom stereocenters. The number of sulfonamides is 1. The molecule has 1 saturated heterocycles. The lowest BCUT2D eigenvalue weighted by molar-refractivity contribution is 0.329. The molecule has 1 aliphatic heterocycles. The Kier molecular flexibility index (Phi) is 4.66. The van der Waals surface area contributed by atoms with Crippen LogP contribution in [0.4, 0.5) is 5.69 Å². The van der Waals surface area contributed by atoms with Gasteiger partial charge in [-0.2, -0.15) is 4.31 Å². The van der Waals surface area contributed by atoms with E-state index < -0.39 is 20.8 Å². The van der Waals surface area contributed by atoms with Gasteiger partial charge in [0.25, 0.3) is 0 Å². The summed E-state index contributed by atoms with van der Waals surface area (Å²) in [4.78, 5) is 0.0760. The fourth-order valence-electron chi connectivity index (χ4n) is 2.00. The summed E-state index contributed by atoms with van der Waals surface area (Å²) in [5, 5.41) is 0. The summed E-state index contributed by atoms with van der Waals surface area (Å²) < 4.78 is 43.3. The number of nitrogen functional groups attached to an aromatic ring is 1. The van der Waals surface area contributed by atoms with E-state index in [0.717, 1.165) is 0 Å². The van der Waals surface area contributed by atoms with Gasteiger partial charge in [-0.05, 0) is 25.1 Å². The predicted octanol–water partition coefficient (Wildman–Crippen LogP) is 0.421. The van der Waals surface area contributed by atoms with Crippen LogP contribution in [0.1, 0.15) is 6.92 Å². The van der Waals surface area contributed by atoms with E-state index in [-0.39, 0.29) is 18.0 Å². The van der Waals surface area contributed by atoms with E-state index in [9.17, 15) is 12.6 Å². The highest BCUT2D eigenvalue weighted by molar-refractivity contribution is 7.89. The minimum Gasteiger partial charge on any atom is -0.492 e. The van der Waals surface area contributed by atoms with Crippen LogP contribution in [-0.4, -0.2) is 48.1 Å². The van der Waals surface area contributed by atoms with Crippen LogP contribution in [0.3, 0.4) is 0 Å². The van der Waals surface area contributed by atoms with E-state index >= 15 is 0 Å². The predicted molar refractivity (Wildman–Crippen MR) is 78.7 cm³/mol. The summed E-state index contributed by atoms with van der Waals surface area (Å²) in [6.45, 7) is 2.68. The summed E-state index contributed by atoms with van der Waals surface area (Å²) in [7, 11) is -4.59. The van der Waals surface area contributed by atoms with E-state index in [1.807, 2.05) is 0 Å². The number of ether oxygens (including phenoxy) is 1. The van der Waals surface area contributed by atoms with Crippen molar-refractivity contribution < 1.29 is 17.4 Å². The van der Waals surface area contributed by atoms with Crippen molar-refractivity contribution in [1.29, 1.82) is 0 Å². The lowest BCUT2D eigenvalue weighted by Gasteiger charge is -2.26. The molecule has 6 nitrogen and oxygen atoms in total. The van der Waals surface area contributed by atoms with E-state index in [0.29, 0.717) is 29.5 Å². The molecule has 1 aromatic carbocycles. The topological polar surface area (TPSA) is 89.7 Å². The van der Waals surface area contributed by atoms with Crippen molar-refractivity contribution in [3.8, 4) is 5.75 Å². The maximum atomic E-state index is 12.6. The van der Waals surface area contributed by atoms with E-state index in [1.54, 1.807) is 19.1 Å². The summed E-state index contributed by atoms with van der Waals surface area (Å²) in [6.07, 6.45) is 0. The Morgan fingerprint density at radius 1 is 1.35 bits per heavy atom. The molecule has 0 aliphatic carbocycles. The molecular weight excluding hydrogens is 300 g/mol. The van der Waals surface area contributed by atoms with Crippen LogP contribution in [0.25, 0.3) is 0 Å². The molecule has 8 heteroatoms. The first kappa shape index (κ1) is 15.3. The van der Waals surface area contributed by atoms with Gasteiger partial charge in [-0.3, -0.25) is 4.21 Å². The van der Waals surface area contributed by atoms with Crippen molar-refractivity contribution in [3.05, 3.63) is 18.2 Å². The molecule has 1 aliphatic rings. The second kappa shape index (κ2) is 6.11. The molecule has 2 rings (SSSR count). The summed E-state index contributed by atoms with van der Waals surface area (Å²) >= 11 is 0. The molecule has 0 amide bonds. The molecule has 112 valence electrons. The number of nitrogens with zero attached hydrogens (tertiary/aromatic N) is 1. The molecular formula is C12H18N2O4S2. The van der Waals surface area contributed by atoms with Gasteiger partial charge in [-0.1, -0.05) is 0 Å². The molecule has 0 spiro atoms. The lowest BCUT2D eigenvalue weighted by Crippen LogP contribution is -2.41. The average Bonchev–Trinajstić information content (AvgIpc) is 2.41. The van der Waals surface area contributed by atoms with Crippen molar-refractivity contribution in [2.45, 2.75) is 11.8 Å². The number of benzene rings is 1. The van der Waals surface area contributed by atoms with Crippen molar-refractivity contribution in [2.24, 2.45) is 0 Å². The second-order valence-corrected chi connectivity index (χ2v) is 7.99. The third-order valence-electron chi connectivity index (χ3n) is 3.02. The van der Waals surface area contributed by atoms with Crippen molar-refractivity contribution >= 4 is 26.5 Å². The van der Waals surface area contributed by atoms with Crippen LogP contribution < -0.4 is 10.5 Å². The first-order valence-corrected chi connectivity index (χ1v) is 9.25. The molecule has 0 atom stereocenters. The van der Waals surface area contributed by atoms with Gasteiger partial charge < -0.3 is 10.5 Å². The zero-order valence-electron chi connectivity index (χ0n) is 11.2. The lowest BCUT2D eigenvalue weighted by atomic mass is 10.3. The van der Waals surface area contributed by atoms with Gasteiger partial charge >= 0.3 is 0 Å². The van der Waals surface area contributed by atoms with Gasteiger partial charge in [0.15, 0.2) is 0 Å². The van der Waals surface area contributed by atoms with Crippen LogP contribution in [0.15, 0.2) is 23.1 Å². The Bertz CT molecular complexity index is 606. The van der Waals surface area contributed by atoms with Crippen LogP contribution in [0.2, 0.25) is 0 Å². The Balaban J connectivity index is 2.38. The Labute approximate surface area is 121 Å². The fraction of sp³-hybridized carbons (Fsp3) is 0.500. The van der Waals surface area contributed by atoms with E-state index in [1.165, 1.54) is 10.4 Å². The zero-order valence-corrected chi connectivity index (χ0v) is 12.9. The summed E-state index contributed by atoms with van der Waals surface area (Å²) in [6, 6.07) is 4.58. The summed E-state index contributed by atoms with van der Waals surface area (Å²) in [5.41, 5.74) is 6.05. The molecule has 0 aromatic heterocycles. The SMILES string of the molecule is CCOc1ccc(N)cc1S(=O)(=O)N1CCS(=O)CC1. The highest BCUT2D eigenvalue weighted by atomic mass is 32.2. The molecule has 1 heterocycles. The molecule has 20 heavy (non-hydrogen) atoms. The minimum absolute atomic E-state index is 0.0760. The molecule has 0 saturated carbocycles. The van der Waals surface area contributed by atoms with Crippen molar-refractivity contribution in [2.75, 3.05) is 36.9 Å².